The molecule has 11 nitrogen and oxygen atoms in total. The van der Waals surface area contributed by atoms with Gasteiger partial charge in [-0.3, -0.25) is 0 Å². The van der Waals surface area contributed by atoms with Crippen molar-refractivity contribution in [3.8, 4) is 0 Å². The fraction of sp³-hybridized carbons (Fsp3) is 0.697. The summed E-state index contributed by atoms with van der Waals surface area (Å²) in [5, 5.41) is 8.27. The van der Waals surface area contributed by atoms with Gasteiger partial charge in [0.15, 0.2) is 0 Å². The van der Waals surface area contributed by atoms with Gasteiger partial charge < -0.3 is 16.2 Å². The van der Waals surface area contributed by atoms with Crippen molar-refractivity contribution < 1.29 is 4.74 Å². The van der Waals surface area contributed by atoms with Crippen molar-refractivity contribution in [1.82, 2.24) is 39.2 Å². The number of nitrogens with zero attached hydrogens (tertiary/aromatic N) is 8. The van der Waals surface area contributed by atoms with E-state index in [0.29, 0.717) is 23.2 Å². The molecule has 0 atom stereocenters. The summed E-state index contributed by atoms with van der Waals surface area (Å²) < 4.78 is 9.03. The maximum atomic E-state index is 6.29. The number of aryl methyl sites for hydroxylation is 2. The third-order valence-corrected chi connectivity index (χ3v) is 8.05. The van der Waals surface area contributed by atoms with Crippen LogP contribution in [0.3, 0.4) is 0 Å². The Labute approximate surface area is 263 Å². The SMILES string of the molecule is CCCCCCCCOCCCc1c(CCC)nc2ncnn2c1N.CCCCCCCCc1c(C)nc2ncnn2c1N. The van der Waals surface area contributed by atoms with Crippen molar-refractivity contribution in [3.05, 3.63) is 35.2 Å². The van der Waals surface area contributed by atoms with Gasteiger partial charge in [-0.15, -0.1) is 0 Å². The number of aromatic nitrogens is 8. The van der Waals surface area contributed by atoms with E-state index in [1.165, 1.54) is 83.3 Å². The molecule has 4 aromatic rings. The van der Waals surface area contributed by atoms with Crippen LogP contribution in [-0.2, 0) is 24.0 Å². The Bertz CT molecular complexity index is 1370. The largest absolute Gasteiger partial charge is 0.383 e. The molecule has 0 unspecified atom stereocenters. The highest BCUT2D eigenvalue weighted by molar-refractivity contribution is 5.50. The quantitative estimate of drug-likeness (QED) is 0.102. The van der Waals surface area contributed by atoms with Gasteiger partial charge in [0, 0.05) is 30.0 Å². The van der Waals surface area contributed by atoms with Crippen LogP contribution in [0, 0.1) is 6.92 Å². The molecule has 0 fully saturated rings. The maximum absolute atomic E-state index is 6.29. The zero-order valence-corrected chi connectivity index (χ0v) is 27.7. The van der Waals surface area contributed by atoms with Crippen molar-refractivity contribution in [2.24, 2.45) is 0 Å². The lowest BCUT2D eigenvalue weighted by atomic mass is 10.0. The Balaban J connectivity index is 0.000000249. The summed E-state index contributed by atoms with van der Waals surface area (Å²) in [5.74, 6) is 2.53. The van der Waals surface area contributed by atoms with Gasteiger partial charge in [-0.1, -0.05) is 91.4 Å². The number of anilines is 2. The van der Waals surface area contributed by atoms with E-state index in [9.17, 15) is 0 Å². The molecule has 0 amide bonds. The molecule has 4 aromatic heterocycles. The third kappa shape index (κ3) is 10.7. The molecule has 0 spiro atoms. The van der Waals surface area contributed by atoms with Crippen LogP contribution in [0.1, 0.15) is 133 Å². The molecule has 4 rings (SSSR count). The van der Waals surface area contributed by atoms with Gasteiger partial charge >= 0.3 is 0 Å². The van der Waals surface area contributed by atoms with Crippen LogP contribution < -0.4 is 11.5 Å². The van der Waals surface area contributed by atoms with Gasteiger partial charge in [-0.05, 0) is 45.4 Å². The number of hydrogen-bond acceptors (Lipinski definition) is 9. The fourth-order valence-corrected chi connectivity index (χ4v) is 5.50. The van der Waals surface area contributed by atoms with Crippen molar-refractivity contribution in [1.29, 1.82) is 0 Å². The van der Waals surface area contributed by atoms with Crippen molar-refractivity contribution >= 4 is 23.2 Å². The molecule has 0 saturated carbocycles. The van der Waals surface area contributed by atoms with E-state index < -0.39 is 0 Å². The molecule has 4 N–H and O–H groups in total. The summed E-state index contributed by atoms with van der Waals surface area (Å²) in [7, 11) is 0. The molecule has 11 heteroatoms. The lowest BCUT2D eigenvalue weighted by molar-refractivity contribution is 0.127. The predicted molar refractivity (Wildman–Crippen MR) is 179 cm³/mol. The fourth-order valence-electron chi connectivity index (χ4n) is 5.50. The number of fused-ring (bicyclic) bond motifs is 2. The smallest absolute Gasteiger partial charge is 0.254 e. The molecule has 0 aliphatic heterocycles. The molecule has 0 aliphatic rings. The summed E-state index contributed by atoms with van der Waals surface area (Å²) in [6.07, 6.45) is 23.3. The Morgan fingerprint density at radius 3 is 1.75 bits per heavy atom. The minimum absolute atomic E-state index is 0.585. The van der Waals surface area contributed by atoms with E-state index in [0.717, 1.165) is 74.3 Å². The predicted octanol–water partition coefficient (Wildman–Crippen LogP) is 6.89. The molecular formula is C33H56N10O. The van der Waals surface area contributed by atoms with Crippen LogP contribution in [0.15, 0.2) is 12.7 Å². The van der Waals surface area contributed by atoms with Gasteiger partial charge in [0.1, 0.15) is 24.3 Å². The first-order valence-corrected chi connectivity index (χ1v) is 17.0. The Hall–Kier alpha value is -3.34. The van der Waals surface area contributed by atoms with Gasteiger partial charge in [-0.25, -0.2) is 9.97 Å². The molecule has 0 radical (unpaired) electrons. The first-order chi connectivity index (χ1) is 21.5. The topological polar surface area (TPSA) is 147 Å². The lowest BCUT2D eigenvalue weighted by Crippen LogP contribution is -2.11. The number of nitrogens with two attached hydrogens (primary N) is 2. The van der Waals surface area contributed by atoms with Crippen LogP contribution in [0.5, 0.6) is 0 Å². The highest BCUT2D eigenvalue weighted by atomic mass is 16.5. The Morgan fingerprint density at radius 1 is 0.591 bits per heavy atom. The summed E-state index contributed by atoms with van der Waals surface area (Å²) in [6, 6.07) is 0. The van der Waals surface area contributed by atoms with Gasteiger partial charge in [0.2, 0.25) is 0 Å². The third-order valence-electron chi connectivity index (χ3n) is 8.05. The molecule has 0 aromatic carbocycles. The van der Waals surface area contributed by atoms with Gasteiger partial charge in [-0.2, -0.15) is 29.2 Å². The number of ether oxygens (including phenoxy) is 1. The standard InChI is InChI=1S/C19H33N5O.C14H23N5/c1-3-5-6-7-8-9-13-25-14-10-12-16-17(11-4-2)23-19-21-15-22-24(19)18(16)20;1-3-4-5-6-7-8-9-12-11(2)18-14-16-10-17-19(14)13(12)15/h15H,3-14,20H2,1-2H3;10H,3-9,15H2,1-2H3. The minimum Gasteiger partial charge on any atom is -0.383 e. The zero-order valence-electron chi connectivity index (χ0n) is 27.7. The number of rotatable bonds is 20. The molecule has 0 bridgehead atoms. The van der Waals surface area contributed by atoms with Crippen LogP contribution >= 0.6 is 0 Å². The molecule has 44 heavy (non-hydrogen) atoms. The minimum atomic E-state index is 0.585. The highest BCUT2D eigenvalue weighted by Gasteiger charge is 2.14. The van der Waals surface area contributed by atoms with Crippen molar-refractivity contribution in [2.45, 2.75) is 137 Å². The molecular weight excluding hydrogens is 552 g/mol. The van der Waals surface area contributed by atoms with Crippen LogP contribution in [0.2, 0.25) is 0 Å². The second-order valence-electron chi connectivity index (χ2n) is 11.7. The maximum Gasteiger partial charge on any atom is 0.254 e. The first-order valence-electron chi connectivity index (χ1n) is 17.0. The normalized spacial score (nSPS) is 11.4. The van der Waals surface area contributed by atoms with Crippen LogP contribution in [-0.4, -0.2) is 52.4 Å². The van der Waals surface area contributed by atoms with E-state index in [-0.39, 0.29) is 0 Å². The van der Waals surface area contributed by atoms with Gasteiger partial charge in [0.05, 0.1) is 5.69 Å². The molecule has 244 valence electrons. The average molecular weight is 609 g/mol. The lowest BCUT2D eigenvalue weighted by Gasteiger charge is -2.12. The van der Waals surface area contributed by atoms with E-state index in [2.05, 4.69) is 50.9 Å². The monoisotopic (exact) mass is 608 g/mol. The van der Waals surface area contributed by atoms with Gasteiger partial charge in [0.25, 0.3) is 11.6 Å². The van der Waals surface area contributed by atoms with E-state index in [1.807, 2.05) is 6.92 Å². The zero-order chi connectivity index (χ0) is 31.6. The van der Waals surface area contributed by atoms with Crippen molar-refractivity contribution in [3.63, 3.8) is 0 Å². The summed E-state index contributed by atoms with van der Waals surface area (Å²) in [6.45, 7) is 10.3. The van der Waals surface area contributed by atoms with E-state index >= 15 is 0 Å². The number of unbranched alkanes of at least 4 members (excludes halogenated alkanes) is 10. The Morgan fingerprint density at radius 2 is 1.11 bits per heavy atom. The first kappa shape index (κ1) is 35.1. The molecule has 0 aliphatic carbocycles. The highest BCUT2D eigenvalue weighted by Crippen LogP contribution is 2.21. The van der Waals surface area contributed by atoms with E-state index in [1.54, 1.807) is 9.03 Å². The van der Waals surface area contributed by atoms with Crippen LogP contribution in [0.4, 0.5) is 11.6 Å². The summed E-state index contributed by atoms with van der Waals surface area (Å²) in [5.41, 5.74) is 16.7. The second kappa shape index (κ2) is 19.8. The average Bonchev–Trinajstić information content (AvgIpc) is 3.69. The Kier molecular flexibility index (Phi) is 15.8. The summed E-state index contributed by atoms with van der Waals surface area (Å²) in [4.78, 5) is 17.3. The molecule has 0 saturated heterocycles. The molecule has 4 heterocycles. The second-order valence-corrected chi connectivity index (χ2v) is 11.7. The van der Waals surface area contributed by atoms with Crippen molar-refractivity contribution in [2.75, 3.05) is 24.7 Å². The number of hydrogen-bond donors (Lipinski definition) is 2. The van der Waals surface area contributed by atoms with E-state index in [4.69, 9.17) is 16.2 Å². The summed E-state index contributed by atoms with van der Waals surface area (Å²) >= 11 is 0. The number of nitrogen functional groups attached to an aromatic ring is 2. The van der Waals surface area contributed by atoms with Crippen LogP contribution in [0.25, 0.3) is 11.6 Å².